The van der Waals surface area contributed by atoms with Crippen molar-refractivity contribution >= 4 is 17.5 Å². The third-order valence-corrected chi connectivity index (χ3v) is 6.46. The van der Waals surface area contributed by atoms with Gasteiger partial charge in [-0.05, 0) is 61.8 Å². The second kappa shape index (κ2) is 9.38. The summed E-state index contributed by atoms with van der Waals surface area (Å²) < 4.78 is 5.43. The standard InChI is InChI=1S/C24H37N3O3/c1-17-12-18(16-24(2,3)15-17)13-22(28)25-20-14-19(6-7-21(20)30-5)23(29)27-10-8-26(4)9-11-27/h6-7,14,17-18H,8-13,15-16H2,1-5H3,(H,25,28). The van der Waals surface area contributed by atoms with Crippen molar-refractivity contribution in [2.45, 2.75) is 46.5 Å². The molecule has 1 aliphatic heterocycles. The van der Waals surface area contributed by atoms with Gasteiger partial charge >= 0.3 is 0 Å². The number of ether oxygens (including phenoxy) is 1. The zero-order valence-corrected chi connectivity index (χ0v) is 19.2. The maximum absolute atomic E-state index is 12.9. The molecule has 2 atom stereocenters. The monoisotopic (exact) mass is 415 g/mol. The highest BCUT2D eigenvalue weighted by Crippen LogP contribution is 2.43. The van der Waals surface area contributed by atoms with Crippen LogP contribution < -0.4 is 10.1 Å². The van der Waals surface area contributed by atoms with Crippen LogP contribution in [0.4, 0.5) is 5.69 Å². The molecule has 2 unspecified atom stereocenters. The molecular formula is C24H37N3O3. The first-order chi connectivity index (χ1) is 14.2. The minimum atomic E-state index is -0.00704. The lowest BCUT2D eigenvalue weighted by Gasteiger charge is -2.38. The minimum Gasteiger partial charge on any atom is -0.495 e. The molecule has 1 heterocycles. The van der Waals surface area contributed by atoms with E-state index >= 15 is 0 Å². The molecular weight excluding hydrogens is 378 g/mol. The minimum absolute atomic E-state index is 0.00380. The van der Waals surface area contributed by atoms with Gasteiger partial charge in [-0.2, -0.15) is 0 Å². The lowest BCUT2D eigenvalue weighted by molar-refractivity contribution is -0.117. The molecule has 30 heavy (non-hydrogen) atoms. The SMILES string of the molecule is COc1ccc(C(=O)N2CCN(C)CC2)cc1NC(=O)CC1CC(C)CC(C)(C)C1. The van der Waals surface area contributed by atoms with Crippen molar-refractivity contribution < 1.29 is 14.3 Å². The fraction of sp³-hybridized carbons (Fsp3) is 0.667. The van der Waals surface area contributed by atoms with Gasteiger partial charge in [0.2, 0.25) is 5.91 Å². The van der Waals surface area contributed by atoms with Gasteiger partial charge < -0.3 is 19.9 Å². The smallest absolute Gasteiger partial charge is 0.254 e. The first-order valence-corrected chi connectivity index (χ1v) is 11.1. The van der Waals surface area contributed by atoms with Crippen LogP contribution >= 0.6 is 0 Å². The first-order valence-electron chi connectivity index (χ1n) is 11.1. The number of nitrogens with one attached hydrogen (secondary N) is 1. The highest BCUT2D eigenvalue weighted by atomic mass is 16.5. The number of likely N-dealkylation sites (N-methyl/N-ethyl adjacent to an activating group) is 1. The van der Waals surface area contributed by atoms with Gasteiger partial charge in [-0.15, -0.1) is 0 Å². The number of methoxy groups -OCH3 is 1. The van der Waals surface area contributed by atoms with Crippen LogP contribution in [0.3, 0.4) is 0 Å². The molecule has 1 aliphatic carbocycles. The van der Waals surface area contributed by atoms with E-state index in [9.17, 15) is 9.59 Å². The number of carbonyl (C=O) groups is 2. The third-order valence-electron chi connectivity index (χ3n) is 6.46. The summed E-state index contributed by atoms with van der Waals surface area (Å²) >= 11 is 0. The summed E-state index contributed by atoms with van der Waals surface area (Å²) in [5.41, 5.74) is 1.45. The molecule has 0 radical (unpaired) electrons. The van der Waals surface area contributed by atoms with Crippen LogP contribution in [0.5, 0.6) is 5.75 Å². The number of carbonyl (C=O) groups excluding carboxylic acids is 2. The Morgan fingerprint density at radius 2 is 1.87 bits per heavy atom. The average Bonchev–Trinajstić information content (AvgIpc) is 2.66. The summed E-state index contributed by atoms with van der Waals surface area (Å²) in [5, 5.41) is 3.01. The van der Waals surface area contributed by atoms with E-state index in [-0.39, 0.29) is 17.2 Å². The lowest BCUT2D eigenvalue weighted by atomic mass is 9.67. The van der Waals surface area contributed by atoms with Gasteiger partial charge in [0.1, 0.15) is 5.75 Å². The molecule has 2 fully saturated rings. The molecule has 0 aromatic heterocycles. The average molecular weight is 416 g/mol. The van der Waals surface area contributed by atoms with Crippen molar-refractivity contribution in [1.82, 2.24) is 9.80 Å². The van der Waals surface area contributed by atoms with E-state index in [0.29, 0.717) is 35.3 Å². The Hall–Kier alpha value is -2.08. The molecule has 6 heteroatoms. The number of piperazine rings is 1. The fourth-order valence-electron chi connectivity index (χ4n) is 5.29. The van der Waals surface area contributed by atoms with Crippen LogP contribution in [0.1, 0.15) is 56.8 Å². The van der Waals surface area contributed by atoms with E-state index in [1.165, 1.54) is 6.42 Å². The van der Waals surface area contributed by atoms with Crippen molar-refractivity contribution in [3.8, 4) is 5.75 Å². The Balaban J connectivity index is 1.68. The van der Waals surface area contributed by atoms with Gasteiger partial charge in [0.25, 0.3) is 5.91 Å². The summed E-state index contributed by atoms with van der Waals surface area (Å²) in [6.45, 7) is 10.1. The summed E-state index contributed by atoms with van der Waals surface area (Å²) in [5.74, 6) is 1.61. The molecule has 3 rings (SSSR count). The van der Waals surface area contributed by atoms with Crippen LogP contribution in [-0.4, -0.2) is 62.0 Å². The van der Waals surface area contributed by atoms with Gasteiger partial charge in [-0.25, -0.2) is 0 Å². The number of rotatable bonds is 5. The summed E-state index contributed by atoms with van der Waals surface area (Å²) in [7, 11) is 3.65. The summed E-state index contributed by atoms with van der Waals surface area (Å²) in [6, 6.07) is 5.30. The number of benzene rings is 1. The molecule has 0 spiro atoms. The number of hydrogen-bond acceptors (Lipinski definition) is 4. The van der Waals surface area contributed by atoms with Crippen LogP contribution in [-0.2, 0) is 4.79 Å². The summed E-state index contributed by atoms with van der Waals surface area (Å²) in [4.78, 5) is 29.8. The molecule has 1 aromatic carbocycles. The quantitative estimate of drug-likeness (QED) is 0.793. The zero-order chi connectivity index (χ0) is 21.9. The maximum Gasteiger partial charge on any atom is 0.254 e. The molecule has 2 aliphatic rings. The van der Waals surface area contributed by atoms with Gasteiger partial charge in [0.15, 0.2) is 0 Å². The van der Waals surface area contributed by atoms with Crippen LogP contribution in [0.15, 0.2) is 18.2 Å². The number of hydrogen-bond donors (Lipinski definition) is 1. The zero-order valence-electron chi connectivity index (χ0n) is 19.2. The Morgan fingerprint density at radius 3 is 2.50 bits per heavy atom. The molecule has 1 N–H and O–H groups in total. The molecule has 2 amide bonds. The molecule has 1 saturated heterocycles. The van der Waals surface area contributed by atoms with E-state index in [1.54, 1.807) is 25.3 Å². The van der Waals surface area contributed by atoms with Crippen LogP contribution in [0.2, 0.25) is 0 Å². The Labute approximate surface area is 180 Å². The largest absolute Gasteiger partial charge is 0.495 e. The second-order valence-electron chi connectivity index (χ2n) is 10.0. The third kappa shape index (κ3) is 5.75. The van der Waals surface area contributed by atoms with E-state index in [1.807, 2.05) is 4.90 Å². The van der Waals surface area contributed by atoms with Crippen molar-refractivity contribution in [1.29, 1.82) is 0 Å². The van der Waals surface area contributed by atoms with Crippen molar-refractivity contribution in [2.75, 3.05) is 45.7 Å². The topological polar surface area (TPSA) is 61.9 Å². The molecule has 6 nitrogen and oxygen atoms in total. The highest BCUT2D eigenvalue weighted by Gasteiger charge is 2.33. The molecule has 0 bridgehead atoms. The van der Waals surface area contributed by atoms with E-state index in [2.05, 4.69) is 38.0 Å². The summed E-state index contributed by atoms with van der Waals surface area (Å²) in [6.07, 6.45) is 3.89. The van der Waals surface area contributed by atoms with Gasteiger partial charge in [-0.3, -0.25) is 9.59 Å². The second-order valence-corrected chi connectivity index (χ2v) is 10.0. The predicted octanol–water partition coefficient (Wildman–Crippen LogP) is 3.87. The van der Waals surface area contributed by atoms with Crippen molar-refractivity contribution in [2.24, 2.45) is 17.3 Å². The van der Waals surface area contributed by atoms with Gasteiger partial charge in [0.05, 0.1) is 12.8 Å². The maximum atomic E-state index is 12.9. The van der Waals surface area contributed by atoms with E-state index in [4.69, 9.17) is 4.74 Å². The predicted molar refractivity (Wildman–Crippen MR) is 120 cm³/mol. The van der Waals surface area contributed by atoms with Crippen LogP contribution in [0.25, 0.3) is 0 Å². The molecule has 1 aromatic rings. The number of anilines is 1. The normalized spacial score (nSPS) is 24.4. The van der Waals surface area contributed by atoms with Gasteiger partial charge in [0, 0.05) is 38.2 Å². The van der Waals surface area contributed by atoms with Gasteiger partial charge in [-0.1, -0.05) is 20.8 Å². The number of amides is 2. The van der Waals surface area contributed by atoms with E-state index < -0.39 is 0 Å². The lowest BCUT2D eigenvalue weighted by Crippen LogP contribution is -2.47. The molecule has 166 valence electrons. The Morgan fingerprint density at radius 1 is 1.17 bits per heavy atom. The van der Waals surface area contributed by atoms with Crippen molar-refractivity contribution in [3.63, 3.8) is 0 Å². The van der Waals surface area contributed by atoms with Crippen molar-refractivity contribution in [3.05, 3.63) is 23.8 Å². The Kier molecular flexibility index (Phi) is 7.06. The fourth-order valence-corrected chi connectivity index (χ4v) is 5.29. The molecule has 1 saturated carbocycles. The first kappa shape index (κ1) is 22.6. The number of nitrogens with zero attached hydrogens (tertiary/aromatic N) is 2. The Bertz CT molecular complexity index is 769. The van der Waals surface area contributed by atoms with Crippen LogP contribution in [0, 0.1) is 17.3 Å². The highest BCUT2D eigenvalue weighted by molar-refractivity contribution is 5.98. The van der Waals surface area contributed by atoms with E-state index in [0.717, 1.165) is 39.0 Å².